The summed E-state index contributed by atoms with van der Waals surface area (Å²) in [4.78, 5) is 39.6. The Morgan fingerprint density at radius 3 is 2.50 bits per heavy atom. The van der Waals surface area contributed by atoms with E-state index in [1.54, 1.807) is 17.8 Å². The van der Waals surface area contributed by atoms with E-state index in [1.807, 2.05) is 24.5 Å². The van der Waals surface area contributed by atoms with Crippen molar-refractivity contribution in [3.8, 4) is 0 Å². The monoisotopic (exact) mass is 342 g/mol. The van der Waals surface area contributed by atoms with Crippen LogP contribution in [0.3, 0.4) is 0 Å². The minimum absolute atomic E-state index is 0.169. The molecule has 124 valence electrons. The highest BCUT2D eigenvalue weighted by Gasteiger charge is 2.59. The molecule has 1 aromatic rings. The summed E-state index contributed by atoms with van der Waals surface area (Å²) in [7, 11) is 0. The highest BCUT2D eigenvalue weighted by molar-refractivity contribution is 7.98. The Morgan fingerprint density at radius 2 is 1.88 bits per heavy atom. The van der Waals surface area contributed by atoms with Gasteiger partial charge in [-0.05, 0) is 42.7 Å². The highest BCUT2D eigenvalue weighted by Crippen LogP contribution is 2.52. The molecule has 4 rings (SSSR count). The number of thioether (sulfide) groups is 1. The van der Waals surface area contributed by atoms with Crippen molar-refractivity contribution in [2.24, 2.45) is 23.7 Å². The van der Waals surface area contributed by atoms with Gasteiger partial charge in [-0.25, -0.2) is 0 Å². The lowest BCUT2D eigenvalue weighted by Crippen LogP contribution is -2.39. The molecular weight excluding hydrogens is 324 g/mol. The average Bonchev–Trinajstić information content (AvgIpc) is 3.25. The third-order valence-electron chi connectivity index (χ3n) is 5.22. The van der Waals surface area contributed by atoms with Crippen LogP contribution in [-0.2, 0) is 14.4 Å². The van der Waals surface area contributed by atoms with Crippen LogP contribution >= 0.6 is 11.8 Å². The van der Waals surface area contributed by atoms with Gasteiger partial charge in [-0.3, -0.25) is 19.3 Å². The predicted molar refractivity (Wildman–Crippen MR) is 91.3 cm³/mol. The van der Waals surface area contributed by atoms with Gasteiger partial charge in [-0.15, -0.1) is 11.8 Å². The fraction of sp³-hybridized carbons (Fsp3) is 0.389. The van der Waals surface area contributed by atoms with Crippen LogP contribution < -0.4 is 5.32 Å². The van der Waals surface area contributed by atoms with Gasteiger partial charge in [-0.1, -0.05) is 18.2 Å². The zero-order chi connectivity index (χ0) is 16.8. The van der Waals surface area contributed by atoms with Crippen molar-refractivity contribution in [1.29, 1.82) is 0 Å². The number of rotatable bonds is 4. The number of amides is 3. The van der Waals surface area contributed by atoms with E-state index in [1.165, 1.54) is 0 Å². The molecule has 0 spiro atoms. The maximum Gasteiger partial charge on any atom is 0.244 e. The topological polar surface area (TPSA) is 66.5 Å². The summed E-state index contributed by atoms with van der Waals surface area (Å²) in [6.07, 6.45) is 6.96. The number of allylic oxidation sites excluding steroid dienone is 2. The van der Waals surface area contributed by atoms with Crippen LogP contribution in [0.1, 0.15) is 6.42 Å². The second kappa shape index (κ2) is 5.77. The summed E-state index contributed by atoms with van der Waals surface area (Å²) in [5, 5.41) is 2.77. The minimum Gasteiger partial charge on any atom is -0.324 e. The first-order valence-electron chi connectivity index (χ1n) is 8.06. The quantitative estimate of drug-likeness (QED) is 0.517. The summed E-state index contributed by atoms with van der Waals surface area (Å²) in [6, 6.07) is 7.48. The summed E-state index contributed by atoms with van der Waals surface area (Å²) < 4.78 is 0. The molecule has 6 heteroatoms. The van der Waals surface area contributed by atoms with E-state index in [4.69, 9.17) is 0 Å². The lowest BCUT2D eigenvalue weighted by molar-refractivity contribution is -0.143. The Morgan fingerprint density at radius 1 is 1.21 bits per heavy atom. The number of anilines is 1. The molecule has 0 aromatic heterocycles. The van der Waals surface area contributed by atoms with Crippen LogP contribution in [0, 0.1) is 23.7 Å². The smallest absolute Gasteiger partial charge is 0.244 e. The molecule has 1 aliphatic heterocycles. The fourth-order valence-corrected chi connectivity index (χ4v) is 4.62. The third kappa shape index (κ3) is 2.36. The number of hydrogen-bond donors (Lipinski definition) is 1. The van der Waals surface area contributed by atoms with E-state index >= 15 is 0 Å². The standard InChI is InChI=1S/C18H18N2O3S/c1-24-13-4-2-3-12(8-13)19-14(21)9-20-17(22)15-10-5-6-11(7-10)16(15)18(20)23/h2-6,8,10-11,15-16H,7,9H2,1H3,(H,19,21)/t10-,11-,15+,16+/m0/s1. The number of fused-ring (bicyclic) bond motifs is 5. The van der Waals surface area contributed by atoms with Gasteiger partial charge in [-0.2, -0.15) is 0 Å². The summed E-state index contributed by atoms with van der Waals surface area (Å²) in [5.41, 5.74) is 0.674. The lowest BCUT2D eigenvalue weighted by Gasteiger charge is -2.17. The molecule has 2 fully saturated rings. The van der Waals surface area contributed by atoms with E-state index in [0.29, 0.717) is 5.69 Å². The van der Waals surface area contributed by atoms with Gasteiger partial charge in [0.05, 0.1) is 11.8 Å². The molecule has 4 atom stereocenters. The van der Waals surface area contributed by atoms with Gasteiger partial charge in [0, 0.05) is 10.6 Å². The minimum atomic E-state index is -0.338. The summed E-state index contributed by atoms with van der Waals surface area (Å²) in [6.45, 7) is -0.201. The van der Waals surface area contributed by atoms with E-state index < -0.39 is 0 Å². The van der Waals surface area contributed by atoms with Crippen LogP contribution in [-0.4, -0.2) is 35.4 Å². The van der Waals surface area contributed by atoms with Crippen LogP contribution in [0.25, 0.3) is 0 Å². The second-order valence-corrected chi connectivity index (χ2v) is 7.42. The molecule has 1 saturated carbocycles. The number of hydrogen-bond acceptors (Lipinski definition) is 4. The molecule has 1 aromatic carbocycles. The van der Waals surface area contributed by atoms with Crippen molar-refractivity contribution in [2.45, 2.75) is 11.3 Å². The molecule has 2 bridgehead atoms. The van der Waals surface area contributed by atoms with Gasteiger partial charge in [0.25, 0.3) is 0 Å². The van der Waals surface area contributed by atoms with E-state index in [2.05, 4.69) is 17.5 Å². The predicted octanol–water partition coefficient (Wildman–Crippen LogP) is 2.15. The molecule has 0 unspecified atom stereocenters. The average molecular weight is 342 g/mol. The van der Waals surface area contributed by atoms with Crippen molar-refractivity contribution in [2.75, 3.05) is 18.1 Å². The molecule has 1 N–H and O–H groups in total. The van der Waals surface area contributed by atoms with Gasteiger partial charge >= 0.3 is 0 Å². The molecule has 5 nitrogen and oxygen atoms in total. The van der Waals surface area contributed by atoms with Gasteiger partial charge in [0.1, 0.15) is 6.54 Å². The van der Waals surface area contributed by atoms with Crippen molar-refractivity contribution in [3.05, 3.63) is 36.4 Å². The third-order valence-corrected chi connectivity index (χ3v) is 5.94. The van der Waals surface area contributed by atoms with Crippen LogP contribution in [0.2, 0.25) is 0 Å². The normalized spacial score (nSPS) is 30.1. The maximum absolute atomic E-state index is 12.6. The largest absolute Gasteiger partial charge is 0.324 e. The van der Waals surface area contributed by atoms with Gasteiger partial charge in [0.2, 0.25) is 17.7 Å². The SMILES string of the molecule is CSc1cccc(NC(=O)CN2C(=O)[C@H]3[C@H](C2=O)[C@H]2C=C[C@H]3C2)c1. The Hall–Kier alpha value is -2.08. The maximum atomic E-state index is 12.6. The van der Waals surface area contributed by atoms with E-state index in [-0.39, 0.29) is 47.9 Å². The Balaban J connectivity index is 1.45. The Kier molecular flexibility index (Phi) is 3.72. The number of carbonyl (C=O) groups is 3. The first-order valence-corrected chi connectivity index (χ1v) is 9.28. The number of nitrogens with zero attached hydrogens (tertiary/aromatic N) is 1. The Bertz CT molecular complexity index is 730. The Labute approximate surface area is 144 Å². The summed E-state index contributed by atoms with van der Waals surface area (Å²) in [5.74, 6) is -0.870. The lowest BCUT2D eigenvalue weighted by atomic mass is 9.85. The van der Waals surface area contributed by atoms with Crippen LogP contribution in [0.4, 0.5) is 5.69 Å². The van der Waals surface area contributed by atoms with Crippen molar-refractivity contribution >= 4 is 35.2 Å². The molecule has 2 aliphatic carbocycles. The zero-order valence-electron chi connectivity index (χ0n) is 13.3. The zero-order valence-corrected chi connectivity index (χ0v) is 14.1. The molecule has 0 radical (unpaired) electrons. The number of likely N-dealkylation sites (tertiary alicyclic amines) is 1. The first-order chi connectivity index (χ1) is 11.6. The van der Waals surface area contributed by atoms with Crippen LogP contribution in [0.15, 0.2) is 41.3 Å². The molecular formula is C18H18N2O3S. The molecule has 3 aliphatic rings. The number of imide groups is 1. The van der Waals surface area contributed by atoms with Crippen molar-refractivity contribution < 1.29 is 14.4 Å². The van der Waals surface area contributed by atoms with Crippen LogP contribution in [0.5, 0.6) is 0 Å². The molecule has 1 heterocycles. The van der Waals surface area contributed by atoms with Crippen molar-refractivity contribution in [3.63, 3.8) is 0 Å². The van der Waals surface area contributed by atoms with E-state index in [0.717, 1.165) is 16.2 Å². The first kappa shape index (κ1) is 15.4. The number of nitrogens with one attached hydrogen (secondary N) is 1. The molecule has 3 amide bonds. The van der Waals surface area contributed by atoms with Crippen molar-refractivity contribution in [1.82, 2.24) is 4.90 Å². The van der Waals surface area contributed by atoms with Gasteiger partial charge in [0.15, 0.2) is 0 Å². The summed E-state index contributed by atoms with van der Waals surface area (Å²) >= 11 is 1.59. The van der Waals surface area contributed by atoms with Gasteiger partial charge < -0.3 is 5.32 Å². The number of benzene rings is 1. The molecule has 1 saturated heterocycles. The number of carbonyl (C=O) groups excluding carboxylic acids is 3. The second-order valence-electron chi connectivity index (χ2n) is 6.54. The fourth-order valence-electron chi connectivity index (χ4n) is 4.16. The molecule has 24 heavy (non-hydrogen) atoms. The highest BCUT2D eigenvalue weighted by atomic mass is 32.2. The van der Waals surface area contributed by atoms with E-state index in [9.17, 15) is 14.4 Å².